The van der Waals surface area contributed by atoms with E-state index in [4.69, 9.17) is 5.11 Å². The molecule has 94 valence electrons. The summed E-state index contributed by atoms with van der Waals surface area (Å²) < 4.78 is 13.2. The molecule has 0 aliphatic carbocycles. The van der Waals surface area contributed by atoms with Crippen LogP contribution in [0.2, 0.25) is 0 Å². The fourth-order valence-corrected chi connectivity index (χ4v) is 2.01. The summed E-state index contributed by atoms with van der Waals surface area (Å²) in [5.74, 6) is 4.98. The van der Waals surface area contributed by atoms with E-state index < -0.39 is 0 Å². The van der Waals surface area contributed by atoms with Gasteiger partial charge in [-0.25, -0.2) is 4.39 Å². The lowest BCUT2D eigenvalue weighted by molar-refractivity contribution is -0.128. The first-order chi connectivity index (χ1) is 8.70. The minimum Gasteiger partial charge on any atom is -0.384 e. The maximum absolute atomic E-state index is 13.2. The van der Waals surface area contributed by atoms with Crippen LogP contribution in [-0.4, -0.2) is 29.1 Å². The summed E-state index contributed by atoms with van der Waals surface area (Å²) in [5.41, 5.74) is 1.34. The van der Waals surface area contributed by atoms with E-state index >= 15 is 0 Å². The van der Waals surface area contributed by atoms with Gasteiger partial charge in [0, 0.05) is 25.1 Å². The molecular weight excluding hydrogens is 233 g/mol. The Morgan fingerprint density at radius 1 is 1.44 bits per heavy atom. The number of hydrogen-bond acceptors (Lipinski definition) is 2. The number of carbonyl (C=O) groups excluding carboxylic acids is 1. The van der Waals surface area contributed by atoms with Gasteiger partial charge in [0.2, 0.25) is 5.91 Å². The third-order valence-electron chi connectivity index (χ3n) is 2.91. The van der Waals surface area contributed by atoms with Crippen LogP contribution in [0.15, 0.2) is 18.2 Å². The average Bonchev–Trinajstić information content (AvgIpc) is 2.75. The Kier molecular flexibility index (Phi) is 3.96. The highest BCUT2D eigenvalue weighted by molar-refractivity contribution is 5.78. The molecule has 1 aromatic carbocycles. The van der Waals surface area contributed by atoms with Crippen LogP contribution >= 0.6 is 0 Å². The van der Waals surface area contributed by atoms with E-state index in [1.165, 1.54) is 12.1 Å². The minimum absolute atomic E-state index is 0.125. The van der Waals surface area contributed by atoms with Crippen LogP contribution < -0.4 is 0 Å². The molecule has 0 atom stereocenters. The molecule has 0 bridgehead atoms. The van der Waals surface area contributed by atoms with Gasteiger partial charge in [-0.2, -0.15) is 0 Å². The Balaban J connectivity index is 2.23. The lowest BCUT2D eigenvalue weighted by Crippen LogP contribution is -2.24. The lowest BCUT2D eigenvalue weighted by atomic mass is 10.1. The zero-order chi connectivity index (χ0) is 13.0. The molecule has 0 radical (unpaired) electrons. The highest BCUT2D eigenvalue weighted by atomic mass is 19.1. The molecule has 4 heteroatoms. The third-order valence-corrected chi connectivity index (χ3v) is 2.91. The van der Waals surface area contributed by atoms with Gasteiger partial charge in [-0.1, -0.05) is 17.9 Å². The molecule has 3 nitrogen and oxygen atoms in total. The number of likely N-dealkylation sites (tertiary alicyclic amines) is 1. The Bertz CT molecular complexity index is 516. The molecular formula is C14H14FNO2. The first kappa shape index (κ1) is 12.6. The minimum atomic E-state index is -0.367. The summed E-state index contributed by atoms with van der Waals surface area (Å²) in [6, 6.07) is 4.33. The molecule has 1 aromatic rings. The highest BCUT2D eigenvalue weighted by Gasteiger charge is 2.20. The van der Waals surface area contributed by atoms with Crippen molar-refractivity contribution in [2.75, 3.05) is 13.2 Å². The van der Waals surface area contributed by atoms with Crippen molar-refractivity contribution in [3.8, 4) is 11.8 Å². The van der Waals surface area contributed by atoms with Crippen LogP contribution in [-0.2, 0) is 11.3 Å². The van der Waals surface area contributed by atoms with Crippen molar-refractivity contribution in [3.05, 3.63) is 35.1 Å². The second-order valence-electron chi connectivity index (χ2n) is 4.18. The quantitative estimate of drug-likeness (QED) is 0.800. The Morgan fingerprint density at radius 2 is 2.28 bits per heavy atom. The molecule has 0 spiro atoms. The number of halogens is 1. The molecule has 1 N–H and O–H groups in total. The SMILES string of the molecule is O=C1CCCN1Cc1ccc(F)cc1C#CCO. The van der Waals surface area contributed by atoms with Gasteiger partial charge in [0.05, 0.1) is 0 Å². The second kappa shape index (κ2) is 5.65. The Morgan fingerprint density at radius 3 is 2.94 bits per heavy atom. The Hall–Kier alpha value is -1.86. The molecule has 1 fully saturated rings. The lowest BCUT2D eigenvalue weighted by Gasteiger charge is -2.16. The average molecular weight is 247 g/mol. The number of amides is 1. The fourth-order valence-electron chi connectivity index (χ4n) is 2.01. The molecule has 1 saturated heterocycles. The molecule has 0 unspecified atom stereocenters. The monoisotopic (exact) mass is 247 g/mol. The van der Waals surface area contributed by atoms with Gasteiger partial charge in [0.25, 0.3) is 0 Å². The van der Waals surface area contributed by atoms with Gasteiger partial charge in [-0.05, 0) is 24.1 Å². The number of rotatable bonds is 2. The van der Waals surface area contributed by atoms with E-state index in [-0.39, 0.29) is 18.3 Å². The zero-order valence-electron chi connectivity index (χ0n) is 9.95. The maximum Gasteiger partial charge on any atom is 0.222 e. The number of benzene rings is 1. The van der Waals surface area contributed by atoms with Crippen LogP contribution in [0.4, 0.5) is 4.39 Å². The van der Waals surface area contributed by atoms with Crippen molar-refractivity contribution < 1.29 is 14.3 Å². The van der Waals surface area contributed by atoms with E-state index in [0.717, 1.165) is 18.5 Å². The zero-order valence-corrected chi connectivity index (χ0v) is 9.95. The van der Waals surface area contributed by atoms with Crippen molar-refractivity contribution >= 4 is 5.91 Å². The van der Waals surface area contributed by atoms with Crippen LogP contribution in [0, 0.1) is 17.7 Å². The molecule has 2 rings (SSSR count). The predicted molar refractivity (Wildman–Crippen MR) is 65.0 cm³/mol. The first-order valence-corrected chi connectivity index (χ1v) is 5.86. The number of aliphatic hydroxyl groups excluding tert-OH is 1. The summed E-state index contributed by atoms with van der Waals surface area (Å²) in [6.45, 7) is 0.927. The molecule has 0 aromatic heterocycles. The summed E-state index contributed by atoms with van der Waals surface area (Å²) >= 11 is 0. The standard InChI is InChI=1S/C14H14FNO2/c15-13-6-5-12(11(9-13)3-2-8-17)10-16-7-1-4-14(16)18/h5-6,9,17H,1,4,7-8,10H2. The van der Waals surface area contributed by atoms with E-state index in [2.05, 4.69) is 11.8 Å². The predicted octanol–water partition coefficient (Wildman–Crippen LogP) is 1.29. The number of nitrogens with zero attached hydrogens (tertiary/aromatic N) is 1. The number of aliphatic hydroxyl groups is 1. The highest BCUT2D eigenvalue weighted by Crippen LogP contribution is 2.17. The van der Waals surface area contributed by atoms with Crippen molar-refractivity contribution in [1.82, 2.24) is 4.90 Å². The van der Waals surface area contributed by atoms with E-state index in [1.807, 2.05) is 0 Å². The van der Waals surface area contributed by atoms with E-state index in [1.54, 1.807) is 11.0 Å². The molecule has 18 heavy (non-hydrogen) atoms. The van der Waals surface area contributed by atoms with E-state index in [9.17, 15) is 9.18 Å². The largest absolute Gasteiger partial charge is 0.384 e. The van der Waals surface area contributed by atoms with Crippen molar-refractivity contribution in [2.45, 2.75) is 19.4 Å². The Labute approximate surface area is 105 Å². The smallest absolute Gasteiger partial charge is 0.222 e. The van der Waals surface area contributed by atoms with Gasteiger partial charge >= 0.3 is 0 Å². The molecule has 1 heterocycles. The normalized spacial score (nSPS) is 14.6. The summed E-state index contributed by atoms with van der Waals surface area (Å²) in [6.07, 6.45) is 1.45. The van der Waals surface area contributed by atoms with Crippen molar-refractivity contribution in [2.24, 2.45) is 0 Å². The topological polar surface area (TPSA) is 40.5 Å². The summed E-state index contributed by atoms with van der Waals surface area (Å²) in [5, 5.41) is 8.68. The van der Waals surface area contributed by atoms with E-state index in [0.29, 0.717) is 18.5 Å². The van der Waals surface area contributed by atoms with Crippen LogP contribution in [0.25, 0.3) is 0 Å². The van der Waals surface area contributed by atoms with Crippen molar-refractivity contribution in [1.29, 1.82) is 0 Å². The molecule has 1 aliphatic rings. The summed E-state index contributed by atoms with van der Waals surface area (Å²) in [4.78, 5) is 13.3. The van der Waals surface area contributed by atoms with Crippen LogP contribution in [0.3, 0.4) is 0 Å². The molecule has 1 aliphatic heterocycles. The van der Waals surface area contributed by atoms with Gasteiger partial charge < -0.3 is 10.0 Å². The number of hydrogen-bond donors (Lipinski definition) is 1. The van der Waals surface area contributed by atoms with Gasteiger partial charge in [-0.15, -0.1) is 0 Å². The molecule has 1 amide bonds. The van der Waals surface area contributed by atoms with Crippen LogP contribution in [0.5, 0.6) is 0 Å². The first-order valence-electron chi connectivity index (χ1n) is 5.86. The summed E-state index contributed by atoms with van der Waals surface area (Å²) in [7, 11) is 0. The fraction of sp³-hybridized carbons (Fsp3) is 0.357. The van der Waals surface area contributed by atoms with Gasteiger partial charge in [-0.3, -0.25) is 4.79 Å². The molecule has 0 saturated carbocycles. The van der Waals surface area contributed by atoms with Crippen LogP contribution in [0.1, 0.15) is 24.0 Å². The number of carbonyl (C=O) groups is 1. The van der Waals surface area contributed by atoms with Gasteiger partial charge in [0.1, 0.15) is 12.4 Å². The van der Waals surface area contributed by atoms with Gasteiger partial charge in [0.15, 0.2) is 0 Å². The van der Waals surface area contributed by atoms with Crippen molar-refractivity contribution in [3.63, 3.8) is 0 Å². The second-order valence-corrected chi connectivity index (χ2v) is 4.18. The maximum atomic E-state index is 13.2. The third kappa shape index (κ3) is 2.88.